The van der Waals surface area contributed by atoms with Crippen molar-refractivity contribution in [1.82, 2.24) is 0 Å². The second-order valence-electron chi connectivity index (χ2n) is 14.3. The molecule has 0 bridgehead atoms. The molecule has 4 aliphatic carbocycles. The number of carbonyl (C=O) groups is 4. The zero-order chi connectivity index (χ0) is 29.5. The molecule has 2 fully saturated rings. The Hall–Kier alpha value is -2.12. The second kappa shape index (κ2) is 9.20. The number of aliphatic hydroxyl groups excluding tert-OH is 2. The van der Waals surface area contributed by atoms with E-state index in [2.05, 4.69) is 6.92 Å². The topological polar surface area (TPSA) is 118 Å². The van der Waals surface area contributed by atoms with Gasteiger partial charge in [-0.2, -0.15) is 0 Å². The number of esters is 1. The van der Waals surface area contributed by atoms with Crippen molar-refractivity contribution in [3.05, 3.63) is 22.8 Å². The Labute approximate surface area is 232 Å². The molecule has 39 heavy (non-hydrogen) atoms. The van der Waals surface area contributed by atoms with Gasteiger partial charge >= 0.3 is 5.97 Å². The molecule has 5 unspecified atom stereocenters. The van der Waals surface area contributed by atoms with Crippen molar-refractivity contribution < 1.29 is 34.1 Å². The quantitative estimate of drug-likeness (QED) is 0.387. The molecule has 0 aromatic rings. The molecule has 2 N–H and O–H groups in total. The number of allylic oxidation sites excluding steroid dienone is 3. The van der Waals surface area contributed by atoms with Gasteiger partial charge in [-0.05, 0) is 54.4 Å². The Morgan fingerprint density at radius 2 is 1.64 bits per heavy atom. The van der Waals surface area contributed by atoms with E-state index in [4.69, 9.17) is 4.74 Å². The fraction of sp³-hybridized carbons (Fsp3) is 0.750. The summed E-state index contributed by atoms with van der Waals surface area (Å²) in [7, 11) is 1.29. The van der Waals surface area contributed by atoms with Crippen LogP contribution in [0.4, 0.5) is 0 Å². The Bertz CT molecular complexity index is 1190. The lowest BCUT2D eigenvalue weighted by atomic mass is 9.41. The van der Waals surface area contributed by atoms with Gasteiger partial charge in [0.25, 0.3) is 0 Å². The van der Waals surface area contributed by atoms with Gasteiger partial charge in [0.15, 0.2) is 17.3 Å². The van der Waals surface area contributed by atoms with Gasteiger partial charge < -0.3 is 14.9 Å². The number of hydrogen-bond donors (Lipinski definition) is 2. The maximum atomic E-state index is 14.2. The van der Waals surface area contributed by atoms with E-state index in [9.17, 15) is 29.4 Å². The fourth-order valence-corrected chi connectivity index (χ4v) is 9.17. The predicted octanol–water partition coefficient (Wildman–Crippen LogP) is 4.53. The standard InChI is InChI=1S/C32H46O7/c1-17(27(38)39-9)12-19(33)13-18(2)30(6)16-24(37)32(8)26-20(34)14-22-28(3,4)23(36)10-11-29(22,5)25(26)21(35)15-31(30,32)7/h13,17,22-24,36-37H,10-12,14-16H2,1-9H3/b18-13-/t17?,22?,23?,24?,29-,30-,31+,32?/m0/s1. The van der Waals surface area contributed by atoms with Crippen LogP contribution in [0.2, 0.25) is 0 Å². The first-order chi connectivity index (χ1) is 17.8. The van der Waals surface area contributed by atoms with Crippen LogP contribution in [-0.2, 0) is 23.9 Å². The second-order valence-corrected chi connectivity index (χ2v) is 14.3. The third-order valence-electron chi connectivity index (χ3n) is 12.3. The van der Waals surface area contributed by atoms with Crippen molar-refractivity contribution in [3.63, 3.8) is 0 Å². The van der Waals surface area contributed by atoms with E-state index in [-0.39, 0.29) is 42.5 Å². The summed E-state index contributed by atoms with van der Waals surface area (Å²) in [5.41, 5.74) is -1.83. The van der Waals surface area contributed by atoms with Gasteiger partial charge in [-0.3, -0.25) is 19.2 Å². The minimum Gasteiger partial charge on any atom is -0.469 e. The van der Waals surface area contributed by atoms with Crippen LogP contribution in [0.25, 0.3) is 0 Å². The average molecular weight is 543 g/mol. The van der Waals surface area contributed by atoms with E-state index in [0.29, 0.717) is 30.4 Å². The van der Waals surface area contributed by atoms with E-state index in [1.165, 1.54) is 7.11 Å². The van der Waals surface area contributed by atoms with E-state index in [0.717, 1.165) is 5.57 Å². The number of ketones is 3. The summed E-state index contributed by atoms with van der Waals surface area (Å²) < 4.78 is 4.75. The fourth-order valence-electron chi connectivity index (χ4n) is 9.17. The maximum Gasteiger partial charge on any atom is 0.308 e. The predicted molar refractivity (Wildman–Crippen MR) is 146 cm³/mol. The minimum atomic E-state index is -0.978. The first kappa shape index (κ1) is 29.9. The summed E-state index contributed by atoms with van der Waals surface area (Å²) in [6, 6.07) is 0. The maximum absolute atomic E-state index is 14.2. The lowest BCUT2D eigenvalue weighted by Crippen LogP contribution is -2.60. The Morgan fingerprint density at radius 3 is 2.23 bits per heavy atom. The molecule has 7 heteroatoms. The molecule has 0 spiro atoms. The molecule has 4 rings (SSSR count). The highest BCUT2D eigenvalue weighted by atomic mass is 16.5. The van der Waals surface area contributed by atoms with Gasteiger partial charge in [-0.1, -0.05) is 54.0 Å². The summed E-state index contributed by atoms with van der Waals surface area (Å²) in [6.45, 7) is 15.5. The highest BCUT2D eigenvalue weighted by molar-refractivity contribution is 6.11. The number of carbonyl (C=O) groups excluding carboxylic acids is 4. The molecule has 2 saturated carbocycles. The molecule has 0 radical (unpaired) electrons. The van der Waals surface area contributed by atoms with Gasteiger partial charge in [-0.25, -0.2) is 0 Å². The van der Waals surface area contributed by atoms with Crippen LogP contribution in [0.15, 0.2) is 22.8 Å². The van der Waals surface area contributed by atoms with Gasteiger partial charge in [0.05, 0.1) is 25.2 Å². The molecule has 0 heterocycles. The van der Waals surface area contributed by atoms with Crippen LogP contribution >= 0.6 is 0 Å². The first-order valence-corrected chi connectivity index (χ1v) is 14.3. The molecule has 0 aromatic heterocycles. The summed E-state index contributed by atoms with van der Waals surface area (Å²) in [4.78, 5) is 53.1. The average Bonchev–Trinajstić information content (AvgIpc) is 3.00. The number of ether oxygens (including phenoxy) is 1. The number of methoxy groups -OCH3 is 1. The Kier molecular flexibility index (Phi) is 7.04. The van der Waals surface area contributed by atoms with Gasteiger partial charge in [-0.15, -0.1) is 0 Å². The largest absolute Gasteiger partial charge is 0.469 e. The summed E-state index contributed by atoms with van der Waals surface area (Å²) in [5.74, 6) is -1.58. The Balaban J connectivity index is 1.82. The SMILES string of the molecule is COC(=O)C(C)CC(=O)/C=C(/C)[C@]1(C)CC(O)C2(C)C3=C(C(=O)C[C@@]21C)[C@@]1(C)CCC(O)C(C)(C)C1CC3=O. The van der Waals surface area contributed by atoms with Crippen LogP contribution in [0, 0.1) is 38.9 Å². The number of aliphatic hydroxyl groups is 2. The van der Waals surface area contributed by atoms with Crippen LogP contribution in [0.5, 0.6) is 0 Å². The monoisotopic (exact) mass is 542 g/mol. The first-order valence-electron chi connectivity index (χ1n) is 14.3. The molecular weight excluding hydrogens is 496 g/mol. The number of fused-ring (bicyclic) bond motifs is 4. The van der Waals surface area contributed by atoms with Crippen molar-refractivity contribution in [1.29, 1.82) is 0 Å². The lowest BCUT2D eigenvalue weighted by Gasteiger charge is -2.61. The van der Waals surface area contributed by atoms with Crippen molar-refractivity contribution in [2.24, 2.45) is 38.9 Å². The van der Waals surface area contributed by atoms with E-state index in [1.807, 2.05) is 41.5 Å². The molecule has 0 saturated heterocycles. The van der Waals surface area contributed by atoms with Crippen molar-refractivity contribution >= 4 is 23.3 Å². The van der Waals surface area contributed by atoms with Gasteiger partial charge in [0, 0.05) is 41.2 Å². The van der Waals surface area contributed by atoms with Gasteiger partial charge in [0.1, 0.15) is 0 Å². The molecule has 8 atom stereocenters. The summed E-state index contributed by atoms with van der Waals surface area (Å²) in [6.07, 6.45) is 2.00. The molecule has 0 aliphatic heterocycles. The smallest absolute Gasteiger partial charge is 0.308 e. The van der Waals surface area contributed by atoms with Crippen LogP contribution in [0.1, 0.15) is 93.9 Å². The lowest BCUT2D eigenvalue weighted by molar-refractivity contribution is -0.146. The van der Waals surface area contributed by atoms with Crippen LogP contribution < -0.4 is 0 Å². The summed E-state index contributed by atoms with van der Waals surface area (Å²) in [5, 5.41) is 22.6. The number of hydrogen-bond acceptors (Lipinski definition) is 7. The van der Waals surface area contributed by atoms with Crippen molar-refractivity contribution in [2.75, 3.05) is 7.11 Å². The zero-order valence-electron chi connectivity index (χ0n) is 25.1. The van der Waals surface area contributed by atoms with E-state index >= 15 is 0 Å². The number of Topliss-reactive ketones (excluding diaryl/α,β-unsaturated/α-hetero) is 2. The third kappa shape index (κ3) is 3.82. The number of rotatable bonds is 5. The molecule has 7 nitrogen and oxygen atoms in total. The van der Waals surface area contributed by atoms with Gasteiger partial charge in [0.2, 0.25) is 0 Å². The van der Waals surface area contributed by atoms with E-state index in [1.54, 1.807) is 13.0 Å². The van der Waals surface area contributed by atoms with E-state index < -0.39 is 51.2 Å². The minimum absolute atomic E-state index is 0.00469. The Morgan fingerprint density at radius 1 is 1.03 bits per heavy atom. The molecule has 0 amide bonds. The third-order valence-corrected chi connectivity index (χ3v) is 12.3. The van der Waals surface area contributed by atoms with Crippen LogP contribution in [0.3, 0.4) is 0 Å². The molecule has 0 aromatic carbocycles. The molecule has 4 aliphatic rings. The molecular formula is C32H46O7. The highest BCUT2D eigenvalue weighted by Gasteiger charge is 2.73. The van der Waals surface area contributed by atoms with Crippen molar-refractivity contribution in [3.8, 4) is 0 Å². The summed E-state index contributed by atoms with van der Waals surface area (Å²) >= 11 is 0. The normalized spacial score (nSPS) is 42.4. The van der Waals surface area contributed by atoms with Crippen LogP contribution in [-0.4, -0.2) is 52.8 Å². The highest BCUT2D eigenvalue weighted by Crippen LogP contribution is 2.74. The molecule has 216 valence electrons. The zero-order valence-corrected chi connectivity index (χ0v) is 25.1. The van der Waals surface area contributed by atoms with Crippen molar-refractivity contribution in [2.45, 2.75) is 106 Å².